The second-order valence-corrected chi connectivity index (χ2v) is 6.34. The van der Waals surface area contributed by atoms with Crippen LogP contribution in [0.25, 0.3) is 0 Å². The van der Waals surface area contributed by atoms with Crippen molar-refractivity contribution in [3.63, 3.8) is 0 Å². The third-order valence-corrected chi connectivity index (χ3v) is 4.36. The normalized spacial score (nSPS) is 20.4. The lowest BCUT2D eigenvalue weighted by atomic mass is 10.2. The Kier molecular flexibility index (Phi) is 4.42. The molecule has 0 bridgehead atoms. The molecule has 2 N–H and O–H groups in total. The van der Waals surface area contributed by atoms with Crippen LogP contribution in [-0.2, 0) is 15.6 Å². The lowest BCUT2D eigenvalue weighted by molar-refractivity contribution is -0.127. The number of carbonyl (C=O) groups is 1. The van der Waals surface area contributed by atoms with Gasteiger partial charge in [0.1, 0.15) is 5.75 Å². The Morgan fingerprint density at radius 3 is 3.05 bits per heavy atom. The molecule has 0 spiro atoms. The number of nitrogens with one attached hydrogen (secondary N) is 2. The molecule has 1 aromatic rings. The highest BCUT2D eigenvalue weighted by molar-refractivity contribution is 7.84. The number of ether oxygens (including phenoxy) is 1. The molecule has 0 radical (unpaired) electrons. The molecule has 1 aromatic carbocycles. The van der Waals surface area contributed by atoms with Crippen LogP contribution in [0.2, 0.25) is 0 Å². The SMILES string of the molecule is CC(CNC(=O)C1CNc2ccccc2O1)S(C)=O. The highest BCUT2D eigenvalue weighted by Crippen LogP contribution is 2.28. The molecule has 1 aliphatic rings. The van der Waals surface area contributed by atoms with Gasteiger partial charge in [-0.1, -0.05) is 12.1 Å². The summed E-state index contributed by atoms with van der Waals surface area (Å²) in [4.78, 5) is 12.0. The second kappa shape index (κ2) is 6.06. The first kappa shape index (κ1) is 13.9. The van der Waals surface area contributed by atoms with Crippen molar-refractivity contribution >= 4 is 22.4 Å². The summed E-state index contributed by atoms with van der Waals surface area (Å²) in [5.74, 6) is 0.500. The lowest BCUT2D eigenvalue weighted by Crippen LogP contribution is -2.46. The van der Waals surface area contributed by atoms with E-state index < -0.39 is 16.9 Å². The first-order valence-electron chi connectivity index (χ1n) is 6.17. The Balaban J connectivity index is 1.90. The topological polar surface area (TPSA) is 67.4 Å². The largest absolute Gasteiger partial charge is 0.477 e. The Morgan fingerprint density at radius 1 is 1.58 bits per heavy atom. The van der Waals surface area contributed by atoms with Gasteiger partial charge in [0.2, 0.25) is 0 Å². The maximum atomic E-state index is 12.0. The van der Waals surface area contributed by atoms with Gasteiger partial charge in [0.05, 0.1) is 12.2 Å². The molecule has 3 atom stereocenters. The smallest absolute Gasteiger partial charge is 0.262 e. The zero-order valence-corrected chi connectivity index (χ0v) is 11.8. The van der Waals surface area contributed by atoms with Crippen molar-refractivity contribution in [2.45, 2.75) is 18.3 Å². The van der Waals surface area contributed by atoms with Crippen LogP contribution in [0.5, 0.6) is 5.75 Å². The fourth-order valence-electron chi connectivity index (χ4n) is 1.73. The lowest BCUT2D eigenvalue weighted by Gasteiger charge is -2.26. The Labute approximate surface area is 115 Å². The first-order chi connectivity index (χ1) is 9.08. The first-order valence-corrected chi connectivity index (χ1v) is 7.79. The predicted octanol–water partition coefficient (Wildman–Crippen LogP) is 0.743. The fourth-order valence-corrected chi connectivity index (χ4v) is 2.05. The standard InChI is InChI=1S/C13H18N2O3S/c1-9(19(2)17)7-15-13(16)12-8-14-10-5-3-4-6-11(10)18-12/h3-6,9,12,14H,7-8H2,1-2H3,(H,15,16). The number of benzene rings is 1. The molecule has 19 heavy (non-hydrogen) atoms. The minimum atomic E-state index is -0.939. The van der Waals surface area contributed by atoms with Gasteiger partial charge in [0.25, 0.3) is 5.91 Å². The molecule has 2 rings (SSSR count). The van der Waals surface area contributed by atoms with Gasteiger partial charge in [-0.2, -0.15) is 0 Å². The van der Waals surface area contributed by atoms with Gasteiger partial charge in [-0.3, -0.25) is 9.00 Å². The van der Waals surface area contributed by atoms with Crippen molar-refractivity contribution in [2.75, 3.05) is 24.7 Å². The van der Waals surface area contributed by atoms with E-state index in [-0.39, 0.29) is 11.2 Å². The Hall–Kier alpha value is -1.56. The van der Waals surface area contributed by atoms with Gasteiger partial charge >= 0.3 is 0 Å². The van der Waals surface area contributed by atoms with E-state index in [4.69, 9.17) is 4.74 Å². The maximum absolute atomic E-state index is 12.0. The third kappa shape index (κ3) is 3.47. The van der Waals surface area contributed by atoms with Crippen LogP contribution in [-0.4, -0.2) is 40.8 Å². The second-order valence-electron chi connectivity index (χ2n) is 4.54. The summed E-state index contributed by atoms with van der Waals surface area (Å²) in [6.07, 6.45) is 1.08. The average Bonchev–Trinajstić information content (AvgIpc) is 2.43. The fraction of sp³-hybridized carbons (Fsp3) is 0.462. The van der Waals surface area contributed by atoms with E-state index >= 15 is 0 Å². The van der Waals surface area contributed by atoms with E-state index in [0.29, 0.717) is 18.8 Å². The van der Waals surface area contributed by atoms with Crippen molar-refractivity contribution in [1.82, 2.24) is 5.32 Å². The number of hydrogen-bond donors (Lipinski definition) is 2. The van der Waals surface area contributed by atoms with Crippen LogP contribution in [0.3, 0.4) is 0 Å². The quantitative estimate of drug-likeness (QED) is 0.855. The molecular weight excluding hydrogens is 264 g/mol. The summed E-state index contributed by atoms with van der Waals surface area (Å²) in [6, 6.07) is 7.51. The molecule has 104 valence electrons. The van der Waals surface area contributed by atoms with Gasteiger partial charge in [0.15, 0.2) is 6.10 Å². The minimum Gasteiger partial charge on any atom is -0.477 e. The highest BCUT2D eigenvalue weighted by Gasteiger charge is 2.25. The molecule has 1 aliphatic heterocycles. The summed E-state index contributed by atoms with van der Waals surface area (Å²) < 4.78 is 16.8. The summed E-state index contributed by atoms with van der Waals surface area (Å²) >= 11 is 0. The van der Waals surface area contributed by atoms with E-state index in [9.17, 15) is 9.00 Å². The minimum absolute atomic E-state index is 0.0622. The molecule has 6 heteroatoms. The van der Waals surface area contributed by atoms with Crippen molar-refractivity contribution in [1.29, 1.82) is 0 Å². The summed E-state index contributed by atoms with van der Waals surface area (Å²) in [7, 11) is -0.939. The highest BCUT2D eigenvalue weighted by atomic mass is 32.2. The number of anilines is 1. The molecule has 3 unspecified atom stereocenters. The van der Waals surface area contributed by atoms with E-state index in [1.807, 2.05) is 31.2 Å². The van der Waals surface area contributed by atoms with Crippen LogP contribution < -0.4 is 15.4 Å². The zero-order chi connectivity index (χ0) is 13.8. The monoisotopic (exact) mass is 282 g/mol. The summed E-state index contributed by atoms with van der Waals surface area (Å²) in [6.45, 7) is 2.67. The van der Waals surface area contributed by atoms with Gasteiger partial charge in [-0.25, -0.2) is 0 Å². The average molecular weight is 282 g/mol. The van der Waals surface area contributed by atoms with Crippen LogP contribution >= 0.6 is 0 Å². The molecule has 1 heterocycles. The number of rotatable bonds is 4. The van der Waals surface area contributed by atoms with Crippen molar-refractivity contribution in [3.05, 3.63) is 24.3 Å². The maximum Gasteiger partial charge on any atom is 0.262 e. The molecule has 0 aromatic heterocycles. The van der Waals surface area contributed by atoms with Crippen molar-refractivity contribution < 1.29 is 13.7 Å². The molecule has 0 fully saturated rings. The van der Waals surface area contributed by atoms with E-state index in [2.05, 4.69) is 10.6 Å². The zero-order valence-electron chi connectivity index (χ0n) is 11.0. The molecule has 0 aliphatic carbocycles. The van der Waals surface area contributed by atoms with Gasteiger partial charge in [0, 0.05) is 28.9 Å². The third-order valence-electron chi connectivity index (χ3n) is 3.06. The Morgan fingerprint density at radius 2 is 2.32 bits per heavy atom. The van der Waals surface area contributed by atoms with Crippen LogP contribution in [0.1, 0.15) is 6.92 Å². The van der Waals surface area contributed by atoms with Crippen molar-refractivity contribution in [3.8, 4) is 5.75 Å². The summed E-state index contributed by atoms with van der Waals surface area (Å²) in [5, 5.41) is 5.86. The number of carbonyl (C=O) groups excluding carboxylic acids is 1. The molecule has 5 nitrogen and oxygen atoms in total. The molecule has 1 amide bonds. The van der Waals surface area contributed by atoms with Crippen LogP contribution in [0.4, 0.5) is 5.69 Å². The summed E-state index contributed by atoms with van der Waals surface area (Å²) in [5.41, 5.74) is 0.898. The number of fused-ring (bicyclic) bond motifs is 1. The van der Waals surface area contributed by atoms with Crippen LogP contribution in [0, 0.1) is 0 Å². The Bertz CT molecular complexity index is 493. The molecular formula is C13H18N2O3S. The number of amides is 1. The van der Waals surface area contributed by atoms with Gasteiger partial charge in [-0.05, 0) is 19.1 Å². The predicted molar refractivity (Wildman–Crippen MR) is 75.9 cm³/mol. The number of para-hydroxylation sites is 2. The van der Waals surface area contributed by atoms with Crippen LogP contribution in [0.15, 0.2) is 24.3 Å². The van der Waals surface area contributed by atoms with E-state index in [1.165, 1.54) is 0 Å². The molecule has 0 saturated heterocycles. The van der Waals surface area contributed by atoms with Crippen molar-refractivity contribution in [2.24, 2.45) is 0 Å². The van der Waals surface area contributed by atoms with Gasteiger partial charge < -0.3 is 15.4 Å². The molecule has 0 saturated carbocycles. The van der Waals surface area contributed by atoms with E-state index in [0.717, 1.165) is 5.69 Å². The number of hydrogen-bond acceptors (Lipinski definition) is 4. The van der Waals surface area contributed by atoms with Gasteiger partial charge in [-0.15, -0.1) is 0 Å². The van der Waals surface area contributed by atoms with E-state index in [1.54, 1.807) is 6.26 Å².